The maximum absolute atomic E-state index is 11.6. The number of halogens is 2. The van der Waals surface area contributed by atoms with Crippen LogP contribution in [0.5, 0.6) is 0 Å². The summed E-state index contributed by atoms with van der Waals surface area (Å²) in [5.41, 5.74) is 0.535. The summed E-state index contributed by atoms with van der Waals surface area (Å²) in [5.74, 6) is -1.22. The molecule has 1 rings (SSSR count). The lowest BCUT2D eigenvalue weighted by atomic mass is 10.2. The fourth-order valence-electron chi connectivity index (χ4n) is 1.10. The van der Waals surface area contributed by atoms with Gasteiger partial charge < -0.3 is 4.74 Å². The summed E-state index contributed by atoms with van der Waals surface area (Å²) in [7, 11) is 0. The molecule has 0 aromatic heterocycles. The molecule has 0 saturated heterocycles. The number of ether oxygens (including phenoxy) is 1. The Morgan fingerprint density at radius 2 is 1.84 bits per heavy atom. The molecule has 8 heteroatoms. The fraction of sp³-hybridized carbons (Fsp3) is 0.273. The van der Waals surface area contributed by atoms with Crippen LogP contribution in [0.15, 0.2) is 24.3 Å². The summed E-state index contributed by atoms with van der Waals surface area (Å²) in [4.78, 5) is 32.7. The molecule has 0 heterocycles. The molecule has 0 spiro atoms. The summed E-state index contributed by atoms with van der Waals surface area (Å²) in [5, 5.41) is 10.5. The van der Waals surface area contributed by atoms with Crippen LogP contribution in [0.4, 0.5) is 5.69 Å². The lowest BCUT2D eigenvalue weighted by Gasteiger charge is -2.15. The third-order valence-corrected chi connectivity index (χ3v) is 3.98. The van der Waals surface area contributed by atoms with Gasteiger partial charge in [-0.1, -0.05) is 31.9 Å². The zero-order valence-corrected chi connectivity index (χ0v) is 12.9. The van der Waals surface area contributed by atoms with Crippen molar-refractivity contribution in [3.05, 3.63) is 39.9 Å². The predicted octanol–water partition coefficient (Wildman–Crippen LogP) is 2.71. The van der Waals surface area contributed by atoms with Crippen LogP contribution < -0.4 is 0 Å². The van der Waals surface area contributed by atoms with Crippen LogP contribution in [-0.2, 0) is 20.9 Å². The van der Waals surface area contributed by atoms with Crippen molar-refractivity contribution in [2.75, 3.05) is 0 Å². The minimum atomic E-state index is -1.55. The lowest BCUT2D eigenvalue weighted by Crippen LogP contribution is -2.34. The van der Waals surface area contributed by atoms with Crippen LogP contribution in [0.3, 0.4) is 0 Å². The third-order valence-electron chi connectivity index (χ3n) is 2.22. The van der Waals surface area contributed by atoms with Crippen LogP contribution in [0.25, 0.3) is 0 Å². The molecule has 1 aromatic rings. The standard InChI is InChI=1S/C11H9Br2NO5/c1-7(15)11(12,13)10(16)19-6-8-2-4-9(5-3-8)14(17)18/h2-5H,6H2,1H3. The first-order valence-corrected chi connectivity index (χ1v) is 6.63. The van der Waals surface area contributed by atoms with E-state index in [2.05, 4.69) is 31.9 Å². The number of hydrogen-bond acceptors (Lipinski definition) is 5. The molecule has 0 saturated carbocycles. The Kier molecular flexibility index (Phi) is 5.19. The highest BCUT2D eigenvalue weighted by atomic mass is 79.9. The highest BCUT2D eigenvalue weighted by Crippen LogP contribution is 2.29. The van der Waals surface area contributed by atoms with Crippen LogP contribution >= 0.6 is 31.9 Å². The van der Waals surface area contributed by atoms with Crippen molar-refractivity contribution < 1.29 is 19.2 Å². The number of nitro groups is 1. The van der Waals surface area contributed by atoms with Gasteiger partial charge in [-0.2, -0.15) is 0 Å². The van der Waals surface area contributed by atoms with Gasteiger partial charge in [-0.25, -0.2) is 4.79 Å². The van der Waals surface area contributed by atoms with Gasteiger partial charge in [0.25, 0.3) is 5.69 Å². The number of benzene rings is 1. The van der Waals surface area contributed by atoms with Gasteiger partial charge in [0.1, 0.15) is 6.61 Å². The number of alkyl halides is 2. The minimum absolute atomic E-state index is 0.0471. The molecular formula is C11H9Br2NO5. The summed E-state index contributed by atoms with van der Waals surface area (Å²) in [6.07, 6.45) is 0. The van der Waals surface area contributed by atoms with Gasteiger partial charge in [0.15, 0.2) is 5.78 Å². The number of non-ortho nitro benzene ring substituents is 1. The van der Waals surface area contributed by atoms with E-state index >= 15 is 0 Å². The fourth-order valence-corrected chi connectivity index (χ4v) is 1.33. The molecule has 102 valence electrons. The van der Waals surface area contributed by atoms with E-state index < -0.39 is 19.9 Å². The average Bonchev–Trinajstić information content (AvgIpc) is 2.36. The smallest absolute Gasteiger partial charge is 0.341 e. The number of rotatable bonds is 5. The first-order chi connectivity index (χ1) is 8.75. The van der Waals surface area contributed by atoms with E-state index in [1.807, 2.05) is 0 Å². The largest absolute Gasteiger partial charge is 0.459 e. The first kappa shape index (κ1) is 15.8. The molecule has 19 heavy (non-hydrogen) atoms. The Morgan fingerprint density at radius 1 is 1.32 bits per heavy atom. The SMILES string of the molecule is CC(=O)C(Br)(Br)C(=O)OCc1ccc([N+](=O)[O-])cc1. The topological polar surface area (TPSA) is 86.5 Å². The van der Waals surface area contributed by atoms with Crippen LogP contribution in [-0.4, -0.2) is 19.9 Å². The van der Waals surface area contributed by atoms with Gasteiger partial charge in [0.05, 0.1) is 4.92 Å². The number of carbonyl (C=O) groups is 2. The molecule has 0 N–H and O–H groups in total. The molecular weight excluding hydrogens is 386 g/mol. The van der Waals surface area contributed by atoms with Gasteiger partial charge in [-0.05, 0) is 24.6 Å². The number of nitrogens with zero attached hydrogens (tertiary/aromatic N) is 1. The van der Waals surface area contributed by atoms with Crippen LogP contribution in [0.1, 0.15) is 12.5 Å². The van der Waals surface area contributed by atoms with Gasteiger partial charge in [0.2, 0.25) is 3.23 Å². The van der Waals surface area contributed by atoms with Crippen LogP contribution in [0.2, 0.25) is 0 Å². The quantitative estimate of drug-likeness (QED) is 0.252. The summed E-state index contributed by atoms with van der Waals surface area (Å²) in [6.45, 7) is 1.15. The maximum atomic E-state index is 11.6. The molecule has 6 nitrogen and oxygen atoms in total. The van der Waals surface area contributed by atoms with Crippen molar-refractivity contribution in [1.82, 2.24) is 0 Å². The molecule has 0 atom stereocenters. The molecule has 0 aliphatic carbocycles. The molecule has 0 bridgehead atoms. The van der Waals surface area contributed by atoms with Crippen molar-refractivity contribution in [1.29, 1.82) is 0 Å². The van der Waals surface area contributed by atoms with Crippen molar-refractivity contribution in [3.63, 3.8) is 0 Å². The van der Waals surface area contributed by atoms with E-state index in [1.165, 1.54) is 31.2 Å². The second-order valence-electron chi connectivity index (χ2n) is 3.63. The van der Waals surface area contributed by atoms with E-state index in [9.17, 15) is 19.7 Å². The summed E-state index contributed by atoms with van der Waals surface area (Å²) < 4.78 is 3.38. The molecule has 1 aromatic carbocycles. The highest BCUT2D eigenvalue weighted by Gasteiger charge is 2.39. The average molecular weight is 395 g/mol. The van der Waals surface area contributed by atoms with E-state index in [0.29, 0.717) is 5.56 Å². The van der Waals surface area contributed by atoms with Gasteiger partial charge in [-0.3, -0.25) is 14.9 Å². The number of Topliss-reactive ketones (excluding diaryl/α,β-unsaturated/α-hetero) is 1. The number of nitro benzene ring substituents is 1. The van der Waals surface area contributed by atoms with E-state index in [-0.39, 0.29) is 12.3 Å². The molecule has 0 amide bonds. The monoisotopic (exact) mass is 393 g/mol. The number of ketones is 1. The van der Waals surface area contributed by atoms with Crippen LogP contribution in [0, 0.1) is 10.1 Å². The van der Waals surface area contributed by atoms with E-state index in [1.54, 1.807) is 0 Å². The van der Waals surface area contributed by atoms with Gasteiger partial charge in [0, 0.05) is 12.1 Å². The number of esters is 1. The van der Waals surface area contributed by atoms with Gasteiger partial charge in [-0.15, -0.1) is 0 Å². The first-order valence-electron chi connectivity index (χ1n) is 5.04. The lowest BCUT2D eigenvalue weighted by molar-refractivity contribution is -0.384. The summed E-state index contributed by atoms with van der Waals surface area (Å²) >= 11 is 5.84. The van der Waals surface area contributed by atoms with Crippen molar-refractivity contribution in [3.8, 4) is 0 Å². The highest BCUT2D eigenvalue weighted by molar-refractivity contribution is 9.26. The Balaban J connectivity index is 2.65. The Bertz CT molecular complexity index is 512. The predicted molar refractivity (Wildman–Crippen MR) is 74.2 cm³/mol. The molecule has 0 aliphatic rings. The molecule has 0 fully saturated rings. The molecule has 0 aliphatic heterocycles. The maximum Gasteiger partial charge on any atom is 0.341 e. The van der Waals surface area contributed by atoms with Crippen molar-refractivity contribution in [2.45, 2.75) is 16.8 Å². The third kappa shape index (κ3) is 4.10. The summed E-state index contributed by atoms with van der Waals surface area (Å²) in [6, 6.07) is 5.57. The van der Waals surface area contributed by atoms with E-state index in [0.717, 1.165) is 0 Å². The zero-order chi connectivity index (χ0) is 14.6. The second-order valence-corrected chi connectivity index (χ2v) is 7.07. The molecule has 0 unspecified atom stereocenters. The van der Waals surface area contributed by atoms with Crippen molar-refractivity contribution >= 4 is 49.3 Å². The minimum Gasteiger partial charge on any atom is -0.459 e. The Labute approximate surface area is 125 Å². The van der Waals surface area contributed by atoms with E-state index in [4.69, 9.17) is 4.74 Å². The second kappa shape index (κ2) is 6.25. The van der Waals surface area contributed by atoms with Crippen molar-refractivity contribution in [2.24, 2.45) is 0 Å². The number of carbonyl (C=O) groups excluding carboxylic acids is 2. The van der Waals surface area contributed by atoms with Gasteiger partial charge >= 0.3 is 5.97 Å². The normalized spacial score (nSPS) is 10.9. The number of hydrogen-bond donors (Lipinski definition) is 0. The zero-order valence-electron chi connectivity index (χ0n) is 9.76. The Hall–Kier alpha value is -1.28. The Morgan fingerprint density at radius 3 is 2.26 bits per heavy atom. The molecule has 0 radical (unpaired) electrons.